The number of unbranched alkanes of at least 4 members (excludes halogenated alkanes) is 10. The Bertz CT molecular complexity index is 361. The summed E-state index contributed by atoms with van der Waals surface area (Å²) in [6.07, 6.45) is 16.4. The Labute approximate surface area is 165 Å². The van der Waals surface area contributed by atoms with E-state index in [2.05, 4.69) is 19.1 Å². The predicted molar refractivity (Wildman–Crippen MR) is 109 cm³/mol. The Kier molecular flexibility index (Phi) is 15.0. The molecule has 0 radical (unpaired) electrons. The van der Waals surface area contributed by atoms with Crippen molar-refractivity contribution in [3.63, 3.8) is 0 Å². The van der Waals surface area contributed by atoms with Gasteiger partial charge in [0.15, 0.2) is 0 Å². The molecule has 0 spiro atoms. The first-order valence-electron chi connectivity index (χ1n) is 11.1. The van der Waals surface area contributed by atoms with Crippen LogP contribution in [-0.4, -0.2) is 59.6 Å². The number of aliphatic hydroxyl groups excluding tert-OH is 3. The highest BCUT2D eigenvalue weighted by atomic mass is 16.6. The first-order valence-corrected chi connectivity index (χ1v) is 11.1. The quantitative estimate of drug-likeness (QED) is 0.278. The molecular weight excluding hydrogens is 344 g/mol. The van der Waals surface area contributed by atoms with Gasteiger partial charge in [-0.2, -0.15) is 0 Å². The smallest absolute Gasteiger partial charge is 0.111 e. The molecule has 3 N–H and O–H groups in total. The molecule has 1 aliphatic heterocycles. The van der Waals surface area contributed by atoms with Crippen LogP contribution in [-0.2, 0) is 9.47 Å². The van der Waals surface area contributed by atoms with Crippen molar-refractivity contribution in [3.8, 4) is 0 Å². The summed E-state index contributed by atoms with van der Waals surface area (Å²) in [5, 5.41) is 28.8. The monoisotopic (exact) mass is 386 g/mol. The topological polar surface area (TPSA) is 79.2 Å². The highest BCUT2D eigenvalue weighted by Gasteiger charge is 2.38. The van der Waals surface area contributed by atoms with Crippen molar-refractivity contribution in [3.05, 3.63) is 12.2 Å². The molecule has 0 aromatic rings. The molecule has 1 rings (SSSR count). The normalized spacial score (nSPS) is 26.1. The van der Waals surface area contributed by atoms with Gasteiger partial charge in [0.2, 0.25) is 0 Å². The van der Waals surface area contributed by atoms with Crippen LogP contribution in [0.15, 0.2) is 12.2 Å². The SMILES string of the molecule is CC/C=C/CCCCCCCCCCCCO[C@H]1CO[C@H](CO)[C@@H](O)[C@@H]1O. The third-order valence-corrected chi connectivity index (χ3v) is 5.27. The molecule has 0 bridgehead atoms. The Hall–Kier alpha value is -0.460. The number of allylic oxidation sites excluding steroid dienone is 2. The van der Waals surface area contributed by atoms with Gasteiger partial charge in [-0.15, -0.1) is 0 Å². The Balaban J connectivity index is 1.85. The summed E-state index contributed by atoms with van der Waals surface area (Å²) >= 11 is 0. The minimum Gasteiger partial charge on any atom is -0.394 e. The van der Waals surface area contributed by atoms with Crippen molar-refractivity contribution in [1.82, 2.24) is 0 Å². The highest BCUT2D eigenvalue weighted by molar-refractivity contribution is 4.87. The van der Waals surface area contributed by atoms with E-state index in [9.17, 15) is 10.2 Å². The molecule has 5 heteroatoms. The molecular formula is C22H42O5. The molecule has 1 fully saturated rings. The zero-order chi connectivity index (χ0) is 19.7. The summed E-state index contributed by atoms with van der Waals surface area (Å²) in [5.41, 5.74) is 0. The van der Waals surface area contributed by atoms with Crippen molar-refractivity contribution in [2.24, 2.45) is 0 Å². The molecule has 0 saturated carbocycles. The van der Waals surface area contributed by atoms with Gasteiger partial charge in [0, 0.05) is 6.61 Å². The zero-order valence-electron chi connectivity index (χ0n) is 17.2. The van der Waals surface area contributed by atoms with Crippen LogP contribution in [0.2, 0.25) is 0 Å². The van der Waals surface area contributed by atoms with Crippen LogP contribution in [0.4, 0.5) is 0 Å². The van der Waals surface area contributed by atoms with Crippen molar-refractivity contribution in [2.45, 2.75) is 108 Å². The van der Waals surface area contributed by atoms with Crippen molar-refractivity contribution >= 4 is 0 Å². The van der Waals surface area contributed by atoms with Gasteiger partial charge in [-0.05, 0) is 25.7 Å². The third-order valence-electron chi connectivity index (χ3n) is 5.27. The van der Waals surface area contributed by atoms with Crippen LogP contribution in [0.5, 0.6) is 0 Å². The van der Waals surface area contributed by atoms with E-state index in [-0.39, 0.29) is 13.2 Å². The van der Waals surface area contributed by atoms with Crippen LogP contribution in [0.1, 0.15) is 84.0 Å². The minimum absolute atomic E-state index is 0.221. The van der Waals surface area contributed by atoms with Crippen LogP contribution in [0.25, 0.3) is 0 Å². The molecule has 160 valence electrons. The largest absolute Gasteiger partial charge is 0.394 e. The molecule has 0 aromatic heterocycles. The summed E-state index contributed by atoms with van der Waals surface area (Å²) in [5.74, 6) is 0. The number of aliphatic hydroxyl groups is 3. The maximum atomic E-state index is 9.98. The Morgan fingerprint density at radius 1 is 0.852 bits per heavy atom. The fourth-order valence-corrected chi connectivity index (χ4v) is 3.46. The molecule has 1 saturated heterocycles. The van der Waals surface area contributed by atoms with E-state index in [0.29, 0.717) is 6.61 Å². The second kappa shape index (κ2) is 16.5. The Morgan fingerprint density at radius 2 is 1.44 bits per heavy atom. The van der Waals surface area contributed by atoms with Crippen LogP contribution >= 0.6 is 0 Å². The van der Waals surface area contributed by atoms with E-state index >= 15 is 0 Å². The number of ether oxygens (including phenoxy) is 2. The van der Waals surface area contributed by atoms with Crippen molar-refractivity contribution in [2.75, 3.05) is 19.8 Å². The second-order valence-corrected chi connectivity index (χ2v) is 7.65. The number of hydrogen-bond acceptors (Lipinski definition) is 5. The lowest BCUT2D eigenvalue weighted by Crippen LogP contribution is -2.55. The number of hydrogen-bond donors (Lipinski definition) is 3. The molecule has 0 unspecified atom stereocenters. The van der Waals surface area contributed by atoms with Gasteiger partial charge >= 0.3 is 0 Å². The lowest BCUT2D eigenvalue weighted by atomic mass is 10.0. The minimum atomic E-state index is -1.08. The third kappa shape index (κ3) is 11.2. The summed E-state index contributed by atoms with van der Waals surface area (Å²) < 4.78 is 11.0. The average molecular weight is 387 g/mol. The standard InChI is InChI=1S/C22H42O5/c1-2-3-4-5-6-7-8-9-10-11-12-13-14-15-16-26-20-18-27-19(17-23)21(24)22(20)25/h3-4,19-25H,2,5-18H2,1H3/b4-3+/t19-,20+,21-,22-/m1/s1. The molecule has 0 aliphatic carbocycles. The van der Waals surface area contributed by atoms with Gasteiger partial charge in [0.25, 0.3) is 0 Å². The summed E-state index contributed by atoms with van der Waals surface area (Å²) in [6.45, 7) is 2.69. The van der Waals surface area contributed by atoms with E-state index in [1.807, 2.05) is 0 Å². The van der Waals surface area contributed by atoms with E-state index in [4.69, 9.17) is 14.6 Å². The van der Waals surface area contributed by atoms with Crippen LogP contribution < -0.4 is 0 Å². The summed E-state index contributed by atoms with van der Waals surface area (Å²) in [6, 6.07) is 0. The van der Waals surface area contributed by atoms with Gasteiger partial charge in [0.05, 0.1) is 13.2 Å². The predicted octanol–water partition coefficient (Wildman–Crippen LogP) is 3.74. The van der Waals surface area contributed by atoms with Crippen molar-refractivity contribution < 1.29 is 24.8 Å². The van der Waals surface area contributed by atoms with Crippen LogP contribution in [0, 0.1) is 0 Å². The van der Waals surface area contributed by atoms with E-state index < -0.39 is 24.4 Å². The van der Waals surface area contributed by atoms with E-state index in [1.54, 1.807) is 0 Å². The molecule has 5 nitrogen and oxygen atoms in total. The number of rotatable bonds is 16. The lowest BCUT2D eigenvalue weighted by Gasteiger charge is -2.36. The first kappa shape index (κ1) is 24.6. The maximum Gasteiger partial charge on any atom is 0.111 e. The van der Waals surface area contributed by atoms with Gasteiger partial charge in [-0.1, -0.05) is 70.4 Å². The lowest BCUT2D eigenvalue weighted by molar-refractivity contribution is -0.208. The van der Waals surface area contributed by atoms with Crippen molar-refractivity contribution in [1.29, 1.82) is 0 Å². The second-order valence-electron chi connectivity index (χ2n) is 7.65. The molecule has 0 aromatic carbocycles. The fourth-order valence-electron chi connectivity index (χ4n) is 3.46. The van der Waals surface area contributed by atoms with Gasteiger partial charge in [-0.3, -0.25) is 0 Å². The molecule has 1 aliphatic rings. The first-order chi connectivity index (χ1) is 13.2. The van der Waals surface area contributed by atoms with Gasteiger partial charge in [-0.25, -0.2) is 0 Å². The van der Waals surface area contributed by atoms with Crippen LogP contribution in [0.3, 0.4) is 0 Å². The van der Waals surface area contributed by atoms with E-state index in [1.165, 1.54) is 57.8 Å². The molecule has 0 amide bonds. The van der Waals surface area contributed by atoms with Gasteiger partial charge in [0.1, 0.15) is 24.4 Å². The Morgan fingerprint density at radius 3 is 2.04 bits per heavy atom. The fraction of sp³-hybridized carbons (Fsp3) is 0.909. The molecule has 1 heterocycles. The zero-order valence-corrected chi connectivity index (χ0v) is 17.2. The van der Waals surface area contributed by atoms with E-state index in [0.717, 1.165) is 19.3 Å². The maximum absolute atomic E-state index is 9.98. The average Bonchev–Trinajstić information content (AvgIpc) is 2.68. The molecule has 4 atom stereocenters. The van der Waals surface area contributed by atoms with Gasteiger partial charge < -0.3 is 24.8 Å². The highest BCUT2D eigenvalue weighted by Crippen LogP contribution is 2.18. The molecule has 27 heavy (non-hydrogen) atoms. The summed E-state index contributed by atoms with van der Waals surface area (Å²) in [7, 11) is 0. The summed E-state index contributed by atoms with van der Waals surface area (Å²) in [4.78, 5) is 0.